The first-order valence-corrected chi connectivity index (χ1v) is 12.3. The number of carbonyl (C=O) groups is 2. The topological polar surface area (TPSA) is 79.3 Å². The highest BCUT2D eigenvalue weighted by Gasteiger charge is 2.24. The van der Waals surface area contributed by atoms with E-state index in [4.69, 9.17) is 34.8 Å². The third-order valence-electron chi connectivity index (χ3n) is 5.11. The number of nitrogens with zero attached hydrogens (tertiary/aromatic N) is 3. The second kappa shape index (κ2) is 11.3. The van der Waals surface area contributed by atoms with E-state index in [0.29, 0.717) is 45.2 Å². The van der Waals surface area contributed by atoms with E-state index in [0.717, 1.165) is 5.69 Å². The molecular formula is C25H28Cl3N5O2. The first-order valence-electron chi connectivity index (χ1n) is 11.2. The Bertz CT molecular complexity index is 1220. The van der Waals surface area contributed by atoms with Gasteiger partial charge in [-0.1, -0.05) is 74.6 Å². The van der Waals surface area contributed by atoms with Crippen molar-refractivity contribution in [3.63, 3.8) is 0 Å². The number of anilines is 2. The fourth-order valence-corrected chi connectivity index (χ4v) is 3.98. The van der Waals surface area contributed by atoms with Gasteiger partial charge < -0.3 is 15.5 Å². The molecule has 3 rings (SSSR count). The highest BCUT2D eigenvalue weighted by molar-refractivity contribution is 6.36. The summed E-state index contributed by atoms with van der Waals surface area (Å²) in [6.07, 6.45) is 0.667. The minimum Gasteiger partial charge on any atom is -0.315 e. The zero-order chi connectivity index (χ0) is 25.8. The monoisotopic (exact) mass is 535 g/mol. The summed E-state index contributed by atoms with van der Waals surface area (Å²) >= 11 is 18.5. The summed E-state index contributed by atoms with van der Waals surface area (Å²) in [5.74, 6) is 0.0927. The molecule has 2 aromatic carbocycles. The van der Waals surface area contributed by atoms with Crippen molar-refractivity contribution in [1.29, 1.82) is 0 Å². The molecule has 3 amide bonds. The average molecular weight is 537 g/mol. The van der Waals surface area contributed by atoms with Gasteiger partial charge in [0.05, 0.1) is 27.1 Å². The molecule has 0 aliphatic rings. The van der Waals surface area contributed by atoms with Crippen LogP contribution in [0.2, 0.25) is 15.1 Å². The van der Waals surface area contributed by atoms with Crippen molar-refractivity contribution in [3.8, 4) is 5.69 Å². The summed E-state index contributed by atoms with van der Waals surface area (Å²) in [6, 6.07) is 13.4. The van der Waals surface area contributed by atoms with E-state index in [1.54, 1.807) is 22.9 Å². The average Bonchev–Trinajstić information content (AvgIpc) is 3.19. The van der Waals surface area contributed by atoms with E-state index >= 15 is 0 Å². The minimum absolute atomic E-state index is 0.163. The van der Waals surface area contributed by atoms with Crippen LogP contribution in [0.1, 0.15) is 39.8 Å². The molecule has 2 N–H and O–H groups in total. The normalized spacial score (nSPS) is 11.3. The number of rotatable bonds is 7. The zero-order valence-corrected chi connectivity index (χ0v) is 22.3. The summed E-state index contributed by atoms with van der Waals surface area (Å²) < 4.78 is 1.61. The Kier molecular flexibility index (Phi) is 8.70. The minimum atomic E-state index is -0.443. The number of urea groups is 1. The van der Waals surface area contributed by atoms with Crippen LogP contribution in [0.25, 0.3) is 5.69 Å². The van der Waals surface area contributed by atoms with Crippen LogP contribution in [0.15, 0.2) is 48.5 Å². The van der Waals surface area contributed by atoms with Crippen molar-refractivity contribution in [2.75, 3.05) is 23.7 Å². The number of para-hydroxylation sites is 1. The van der Waals surface area contributed by atoms with Gasteiger partial charge in [-0.2, -0.15) is 5.10 Å². The number of carbonyl (C=O) groups excluding carboxylic acids is 2. The van der Waals surface area contributed by atoms with Gasteiger partial charge in [0.2, 0.25) is 5.91 Å². The fourth-order valence-electron chi connectivity index (χ4n) is 3.31. The summed E-state index contributed by atoms with van der Waals surface area (Å²) in [7, 11) is 0. The van der Waals surface area contributed by atoms with Gasteiger partial charge in [0.1, 0.15) is 12.4 Å². The predicted octanol–water partition coefficient (Wildman–Crippen LogP) is 7.01. The number of nitrogens with one attached hydrogen (secondary N) is 2. The molecule has 0 atom stereocenters. The van der Waals surface area contributed by atoms with E-state index in [9.17, 15) is 9.59 Å². The summed E-state index contributed by atoms with van der Waals surface area (Å²) in [4.78, 5) is 27.4. The standard InChI is InChI=1S/C25H28Cl3N5O2/c1-5-12-32(24(35)29-19-11-10-16(26)13-18(19)28)15-23(34)30-22-14-21(25(2,3)4)31-33(22)20-9-7-6-8-17(20)27/h6-11,13-14H,5,12,15H2,1-4H3,(H,29,35)(H,30,34). The van der Waals surface area contributed by atoms with Crippen molar-refractivity contribution < 1.29 is 9.59 Å². The maximum absolute atomic E-state index is 13.0. The molecule has 0 fully saturated rings. The number of hydrogen-bond acceptors (Lipinski definition) is 3. The van der Waals surface area contributed by atoms with Crippen LogP contribution in [-0.4, -0.2) is 39.7 Å². The zero-order valence-electron chi connectivity index (χ0n) is 20.0. The maximum Gasteiger partial charge on any atom is 0.322 e. The lowest BCUT2D eigenvalue weighted by atomic mass is 9.92. The Hall–Kier alpha value is -2.74. The second-order valence-electron chi connectivity index (χ2n) is 9.05. The second-order valence-corrected chi connectivity index (χ2v) is 10.3. The molecule has 0 unspecified atom stereocenters. The first kappa shape index (κ1) is 26.9. The molecule has 186 valence electrons. The van der Waals surface area contributed by atoms with Crippen LogP contribution >= 0.6 is 34.8 Å². The quantitative estimate of drug-likeness (QED) is 0.341. The molecule has 0 radical (unpaired) electrons. The van der Waals surface area contributed by atoms with Gasteiger partial charge >= 0.3 is 6.03 Å². The molecule has 0 bridgehead atoms. The number of hydrogen-bond donors (Lipinski definition) is 2. The molecular weight excluding hydrogens is 509 g/mol. The van der Waals surface area contributed by atoms with Crippen LogP contribution < -0.4 is 10.6 Å². The molecule has 1 aromatic heterocycles. The number of benzene rings is 2. The Morgan fingerprint density at radius 1 is 1.00 bits per heavy atom. The molecule has 10 heteroatoms. The molecule has 0 saturated carbocycles. The van der Waals surface area contributed by atoms with Gasteiger partial charge in [-0.3, -0.25) is 4.79 Å². The first-order chi connectivity index (χ1) is 16.5. The SMILES string of the molecule is CCCN(CC(=O)Nc1cc(C(C)(C)C)nn1-c1ccccc1Cl)C(=O)Nc1ccc(Cl)cc1Cl. The van der Waals surface area contributed by atoms with Crippen molar-refractivity contribution in [2.45, 2.75) is 39.5 Å². The molecule has 1 heterocycles. The lowest BCUT2D eigenvalue weighted by molar-refractivity contribution is -0.116. The van der Waals surface area contributed by atoms with Crippen LogP contribution in [0.5, 0.6) is 0 Å². The molecule has 0 spiro atoms. The van der Waals surface area contributed by atoms with Crippen molar-refractivity contribution in [1.82, 2.24) is 14.7 Å². The van der Waals surface area contributed by atoms with E-state index in [1.807, 2.05) is 52.0 Å². The number of halogens is 3. The van der Waals surface area contributed by atoms with Crippen LogP contribution in [0.4, 0.5) is 16.3 Å². The smallest absolute Gasteiger partial charge is 0.315 e. The molecule has 35 heavy (non-hydrogen) atoms. The maximum atomic E-state index is 13.0. The Morgan fingerprint density at radius 3 is 2.34 bits per heavy atom. The fraction of sp³-hybridized carbons (Fsp3) is 0.320. The lowest BCUT2D eigenvalue weighted by Crippen LogP contribution is -2.41. The Labute approximate surface area is 220 Å². The van der Waals surface area contributed by atoms with Crippen LogP contribution in [0, 0.1) is 0 Å². The third-order valence-corrected chi connectivity index (χ3v) is 5.98. The van der Waals surface area contributed by atoms with Gasteiger partial charge in [0, 0.05) is 23.0 Å². The van der Waals surface area contributed by atoms with E-state index < -0.39 is 6.03 Å². The molecule has 3 aromatic rings. The van der Waals surface area contributed by atoms with Crippen molar-refractivity contribution in [2.24, 2.45) is 0 Å². The van der Waals surface area contributed by atoms with Crippen molar-refractivity contribution >= 4 is 58.2 Å². The van der Waals surface area contributed by atoms with E-state index in [1.165, 1.54) is 11.0 Å². The Balaban J connectivity index is 1.81. The summed E-state index contributed by atoms with van der Waals surface area (Å²) in [6.45, 7) is 8.24. The van der Waals surface area contributed by atoms with Crippen LogP contribution in [-0.2, 0) is 10.2 Å². The van der Waals surface area contributed by atoms with E-state index in [2.05, 4.69) is 15.7 Å². The highest BCUT2D eigenvalue weighted by atomic mass is 35.5. The molecule has 0 aliphatic carbocycles. The molecule has 7 nitrogen and oxygen atoms in total. The highest BCUT2D eigenvalue weighted by Crippen LogP contribution is 2.29. The van der Waals surface area contributed by atoms with Gasteiger partial charge in [0.25, 0.3) is 0 Å². The molecule has 0 aliphatic heterocycles. The molecule has 0 saturated heterocycles. The number of amides is 3. The number of aromatic nitrogens is 2. The van der Waals surface area contributed by atoms with Gasteiger partial charge in [0.15, 0.2) is 0 Å². The predicted molar refractivity (Wildman–Crippen MR) is 143 cm³/mol. The van der Waals surface area contributed by atoms with E-state index in [-0.39, 0.29) is 17.9 Å². The van der Waals surface area contributed by atoms with Gasteiger partial charge in [-0.25, -0.2) is 9.48 Å². The van der Waals surface area contributed by atoms with Crippen LogP contribution in [0.3, 0.4) is 0 Å². The Morgan fingerprint density at radius 2 is 1.71 bits per heavy atom. The summed E-state index contributed by atoms with van der Waals surface area (Å²) in [5.41, 5.74) is 1.58. The largest absolute Gasteiger partial charge is 0.322 e. The van der Waals surface area contributed by atoms with Crippen molar-refractivity contribution in [3.05, 3.63) is 69.3 Å². The lowest BCUT2D eigenvalue weighted by Gasteiger charge is -2.22. The van der Waals surface area contributed by atoms with Gasteiger partial charge in [-0.15, -0.1) is 0 Å². The third kappa shape index (κ3) is 6.90. The van der Waals surface area contributed by atoms with Gasteiger partial charge in [-0.05, 0) is 36.8 Å². The summed E-state index contributed by atoms with van der Waals surface area (Å²) in [5, 5.41) is 11.6.